The highest BCUT2D eigenvalue weighted by atomic mass is 16.2. The first kappa shape index (κ1) is 19.5. The van der Waals surface area contributed by atoms with Crippen LogP contribution in [-0.2, 0) is 4.79 Å². The number of benzene rings is 2. The molecule has 2 aromatic carbocycles. The lowest BCUT2D eigenvalue weighted by molar-refractivity contribution is -0.120. The van der Waals surface area contributed by atoms with Gasteiger partial charge in [0.15, 0.2) is 0 Å². The van der Waals surface area contributed by atoms with Gasteiger partial charge in [-0.1, -0.05) is 30.3 Å². The molecule has 1 unspecified atom stereocenters. The molecule has 2 aromatic rings. The average Bonchev–Trinajstić information content (AvgIpc) is 2.59. The molecule has 1 atom stereocenters. The molecule has 0 heterocycles. The van der Waals surface area contributed by atoms with Gasteiger partial charge in [-0.25, -0.2) is 0 Å². The van der Waals surface area contributed by atoms with Crippen molar-refractivity contribution in [2.45, 2.75) is 39.3 Å². The number of rotatable bonds is 6. The summed E-state index contributed by atoms with van der Waals surface area (Å²) in [5.74, 6) is -0.200. The van der Waals surface area contributed by atoms with Crippen molar-refractivity contribution in [1.82, 2.24) is 10.6 Å². The predicted molar refractivity (Wildman–Crippen MR) is 105 cm³/mol. The molecule has 0 radical (unpaired) electrons. The third-order valence-electron chi connectivity index (χ3n) is 3.76. The summed E-state index contributed by atoms with van der Waals surface area (Å²) in [5.41, 5.74) is 2.18. The summed E-state index contributed by atoms with van der Waals surface area (Å²) in [6.07, 6.45) is 0. The van der Waals surface area contributed by atoms with Gasteiger partial charge < -0.3 is 16.0 Å². The molecule has 2 amide bonds. The quantitative estimate of drug-likeness (QED) is 0.744. The van der Waals surface area contributed by atoms with E-state index < -0.39 is 0 Å². The van der Waals surface area contributed by atoms with E-state index in [0.717, 1.165) is 11.3 Å². The molecule has 5 nitrogen and oxygen atoms in total. The van der Waals surface area contributed by atoms with Gasteiger partial charge in [0, 0.05) is 16.8 Å². The average molecular weight is 353 g/mol. The Balaban J connectivity index is 1.88. The van der Waals surface area contributed by atoms with E-state index in [9.17, 15) is 9.59 Å². The monoisotopic (exact) mass is 353 g/mol. The summed E-state index contributed by atoms with van der Waals surface area (Å²) in [7, 11) is 0. The van der Waals surface area contributed by atoms with Crippen LogP contribution >= 0.6 is 0 Å². The van der Waals surface area contributed by atoms with Crippen LogP contribution in [-0.4, -0.2) is 23.9 Å². The molecule has 0 saturated carbocycles. The first-order valence-electron chi connectivity index (χ1n) is 8.75. The second-order valence-electron chi connectivity index (χ2n) is 7.33. The lowest BCUT2D eigenvalue weighted by Crippen LogP contribution is -2.43. The third kappa shape index (κ3) is 6.24. The Kier molecular flexibility index (Phi) is 6.39. The zero-order chi connectivity index (χ0) is 19.2. The van der Waals surface area contributed by atoms with Gasteiger partial charge in [0.2, 0.25) is 5.91 Å². The fraction of sp³-hybridized carbons (Fsp3) is 0.333. The van der Waals surface area contributed by atoms with Gasteiger partial charge in [0.05, 0.1) is 12.6 Å². The van der Waals surface area contributed by atoms with E-state index in [1.807, 2.05) is 58.0 Å². The van der Waals surface area contributed by atoms with Crippen LogP contribution in [0.4, 0.5) is 5.69 Å². The molecule has 0 fully saturated rings. The molecule has 0 aliphatic carbocycles. The number of hydrogen-bond acceptors (Lipinski definition) is 3. The van der Waals surface area contributed by atoms with Crippen molar-refractivity contribution in [2.75, 3.05) is 11.9 Å². The molecule has 0 spiro atoms. The molecule has 2 rings (SSSR count). The fourth-order valence-corrected chi connectivity index (χ4v) is 2.49. The van der Waals surface area contributed by atoms with Gasteiger partial charge in [0.1, 0.15) is 0 Å². The summed E-state index contributed by atoms with van der Waals surface area (Å²) in [6, 6.07) is 16.9. The van der Waals surface area contributed by atoms with Gasteiger partial charge in [-0.2, -0.15) is 0 Å². The molecular weight excluding hydrogens is 326 g/mol. The van der Waals surface area contributed by atoms with E-state index in [4.69, 9.17) is 0 Å². The molecule has 0 aliphatic rings. The van der Waals surface area contributed by atoms with Crippen LogP contribution in [0.25, 0.3) is 0 Å². The van der Waals surface area contributed by atoms with E-state index in [1.54, 1.807) is 24.3 Å². The highest BCUT2D eigenvalue weighted by Crippen LogP contribution is 2.14. The predicted octanol–water partition coefficient (Wildman–Crippen LogP) is 3.50. The Morgan fingerprint density at radius 1 is 0.962 bits per heavy atom. The van der Waals surface area contributed by atoms with Crippen molar-refractivity contribution in [3.8, 4) is 0 Å². The molecule has 0 aliphatic heterocycles. The van der Waals surface area contributed by atoms with Gasteiger partial charge in [0.25, 0.3) is 5.91 Å². The van der Waals surface area contributed by atoms with E-state index in [1.165, 1.54) is 0 Å². The maximum Gasteiger partial charge on any atom is 0.251 e. The van der Waals surface area contributed by atoms with E-state index in [0.29, 0.717) is 5.56 Å². The maximum atomic E-state index is 12.4. The van der Waals surface area contributed by atoms with Gasteiger partial charge in [-0.3, -0.25) is 9.59 Å². The minimum Gasteiger partial charge on any atom is -0.376 e. The van der Waals surface area contributed by atoms with Crippen molar-refractivity contribution in [2.24, 2.45) is 0 Å². The number of carbonyl (C=O) groups excluding carboxylic acids is 2. The number of hydrogen-bond donors (Lipinski definition) is 3. The number of carbonyl (C=O) groups is 2. The van der Waals surface area contributed by atoms with Crippen molar-refractivity contribution in [3.63, 3.8) is 0 Å². The molecule has 0 bridgehead atoms. The minimum atomic E-state index is -0.254. The molecule has 26 heavy (non-hydrogen) atoms. The first-order chi connectivity index (χ1) is 12.2. The Hall–Kier alpha value is -2.82. The van der Waals surface area contributed by atoms with Crippen molar-refractivity contribution >= 4 is 17.5 Å². The summed E-state index contributed by atoms with van der Waals surface area (Å²) >= 11 is 0. The van der Waals surface area contributed by atoms with Gasteiger partial charge in [-0.15, -0.1) is 0 Å². The van der Waals surface area contributed by atoms with E-state index in [-0.39, 0.29) is 29.9 Å². The SMILES string of the molecule is CC(NC(=O)c1ccc(NCC(=O)NC(C)(C)C)cc1)c1ccccc1. The summed E-state index contributed by atoms with van der Waals surface area (Å²) in [6.45, 7) is 7.96. The van der Waals surface area contributed by atoms with Crippen molar-refractivity contribution in [1.29, 1.82) is 0 Å². The molecule has 0 saturated heterocycles. The zero-order valence-corrected chi connectivity index (χ0v) is 15.8. The number of nitrogens with one attached hydrogen (secondary N) is 3. The second kappa shape index (κ2) is 8.52. The Morgan fingerprint density at radius 3 is 2.15 bits per heavy atom. The first-order valence-corrected chi connectivity index (χ1v) is 8.75. The van der Waals surface area contributed by atoms with Crippen LogP contribution in [0, 0.1) is 0 Å². The van der Waals surface area contributed by atoms with Crippen LogP contribution in [0.15, 0.2) is 54.6 Å². The number of amides is 2. The number of anilines is 1. The topological polar surface area (TPSA) is 70.2 Å². The third-order valence-corrected chi connectivity index (χ3v) is 3.76. The van der Waals surface area contributed by atoms with Crippen LogP contribution in [0.2, 0.25) is 0 Å². The molecular formula is C21H27N3O2. The lowest BCUT2D eigenvalue weighted by atomic mass is 10.1. The minimum absolute atomic E-state index is 0.0670. The smallest absolute Gasteiger partial charge is 0.251 e. The van der Waals surface area contributed by atoms with Crippen LogP contribution in [0.3, 0.4) is 0 Å². The molecule has 0 aromatic heterocycles. The summed E-state index contributed by atoms with van der Waals surface area (Å²) in [4.78, 5) is 24.2. The fourth-order valence-electron chi connectivity index (χ4n) is 2.49. The van der Waals surface area contributed by atoms with Crippen molar-refractivity contribution < 1.29 is 9.59 Å². The Labute approximate surface area is 155 Å². The highest BCUT2D eigenvalue weighted by Gasteiger charge is 2.14. The summed E-state index contributed by atoms with van der Waals surface area (Å²) in [5, 5.41) is 8.93. The summed E-state index contributed by atoms with van der Waals surface area (Å²) < 4.78 is 0. The van der Waals surface area contributed by atoms with Gasteiger partial charge >= 0.3 is 0 Å². The Morgan fingerprint density at radius 2 is 1.58 bits per heavy atom. The zero-order valence-electron chi connectivity index (χ0n) is 15.8. The Bertz CT molecular complexity index is 734. The largest absolute Gasteiger partial charge is 0.376 e. The normalized spacial score (nSPS) is 12.2. The van der Waals surface area contributed by atoms with E-state index >= 15 is 0 Å². The molecule has 138 valence electrons. The highest BCUT2D eigenvalue weighted by molar-refractivity contribution is 5.94. The lowest BCUT2D eigenvalue weighted by Gasteiger charge is -2.20. The second-order valence-corrected chi connectivity index (χ2v) is 7.33. The molecule has 5 heteroatoms. The van der Waals surface area contributed by atoms with Crippen LogP contribution in [0.5, 0.6) is 0 Å². The van der Waals surface area contributed by atoms with Crippen LogP contribution in [0.1, 0.15) is 49.7 Å². The standard InChI is InChI=1S/C21H27N3O2/c1-15(16-8-6-5-7-9-16)23-20(26)17-10-12-18(13-11-17)22-14-19(25)24-21(2,3)4/h5-13,15,22H,14H2,1-4H3,(H,23,26)(H,24,25). The maximum absolute atomic E-state index is 12.4. The van der Waals surface area contributed by atoms with E-state index in [2.05, 4.69) is 16.0 Å². The molecule has 3 N–H and O–H groups in total. The van der Waals surface area contributed by atoms with Gasteiger partial charge in [-0.05, 0) is 57.5 Å². The van der Waals surface area contributed by atoms with Crippen molar-refractivity contribution in [3.05, 3.63) is 65.7 Å². The van der Waals surface area contributed by atoms with Crippen LogP contribution < -0.4 is 16.0 Å².